The van der Waals surface area contributed by atoms with Crippen LogP contribution in [0.25, 0.3) is 11.1 Å². The molecule has 168 valence electrons. The van der Waals surface area contributed by atoms with Crippen molar-refractivity contribution in [1.29, 1.82) is 0 Å². The molecule has 0 radical (unpaired) electrons. The molecule has 0 atom stereocenters. The first-order chi connectivity index (χ1) is 15.6. The van der Waals surface area contributed by atoms with Gasteiger partial charge in [-0.15, -0.1) is 0 Å². The molecule has 0 unspecified atom stereocenters. The highest BCUT2D eigenvalue weighted by molar-refractivity contribution is 5.98. The third kappa shape index (κ3) is 7.77. The Bertz CT molecular complexity index is 955. The Morgan fingerprint density at radius 2 is 1.19 bits per heavy atom. The molecule has 0 aliphatic carbocycles. The van der Waals surface area contributed by atoms with Gasteiger partial charge in [-0.1, -0.05) is 113 Å². The quantitative estimate of drug-likeness (QED) is 0.274. The van der Waals surface area contributed by atoms with Crippen molar-refractivity contribution in [3.05, 3.63) is 114 Å². The number of rotatable bonds is 9. The van der Waals surface area contributed by atoms with E-state index in [2.05, 4.69) is 100 Å². The summed E-state index contributed by atoms with van der Waals surface area (Å²) in [5.41, 5.74) is 11.8. The first-order valence-electron chi connectivity index (χ1n) is 11.7. The minimum Gasteiger partial charge on any atom is -0.442 e. The number of nitrogens with two attached hydrogens (primary N) is 1. The summed E-state index contributed by atoms with van der Waals surface area (Å²) >= 11 is 0. The summed E-state index contributed by atoms with van der Waals surface area (Å²) in [6.07, 6.45) is 5.97. The lowest BCUT2D eigenvalue weighted by Gasteiger charge is -2.18. The molecule has 0 aliphatic heterocycles. The highest BCUT2D eigenvalue weighted by Crippen LogP contribution is 2.36. The molecule has 0 saturated heterocycles. The summed E-state index contributed by atoms with van der Waals surface area (Å²) in [6, 6.07) is 29.3. The van der Waals surface area contributed by atoms with Gasteiger partial charge in [-0.05, 0) is 59.4 Å². The molecule has 2 heteroatoms. The van der Waals surface area contributed by atoms with Crippen molar-refractivity contribution in [2.75, 3.05) is 0 Å². The molecule has 0 aliphatic rings. The molecule has 2 N–H and O–H groups in total. The van der Waals surface area contributed by atoms with E-state index in [-0.39, 0.29) is 5.88 Å². The third-order valence-corrected chi connectivity index (χ3v) is 5.16. The van der Waals surface area contributed by atoms with Crippen LogP contribution in [-0.4, -0.2) is 0 Å². The Hall–Kier alpha value is -3.26. The van der Waals surface area contributed by atoms with Crippen LogP contribution in [-0.2, 0) is 0 Å². The van der Waals surface area contributed by atoms with Gasteiger partial charge in [0.1, 0.15) is 5.75 Å². The molecule has 3 rings (SSSR count). The monoisotopic (exact) mass is 427 g/mol. The molecule has 2 nitrogen and oxygen atoms in total. The van der Waals surface area contributed by atoms with Crippen LogP contribution in [0.1, 0.15) is 69.6 Å². The first kappa shape index (κ1) is 25.0. The number of hydrogen-bond acceptors (Lipinski definition) is 2. The maximum atomic E-state index is 5.57. The van der Waals surface area contributed by atoms with Gasteiger partial charge in [0, 0.05) is 0 Å². The van der Waals surface area contributed by atoms with Crippen LogP contribution in [0.4, 0.5) is 0 Å². The number of allylic oxidation sites excluding steroid dienone is 1. The average Bonchev–Trinajstić information content (AvgIpc) is 2.83. The third-order valence-electron chi connectivity index (χ3n) is 5.16. The number of benzene rings is 3. The summed E-state index contributed by atoms with van der Waals surface area (Å²) in [6.45, 7) is 10.2. The smallest absolute Gasteiger partial charge is 0.183 e. The number of unbranched alkanes of at least 4 members (excludes halogenated alkanes) is 2. The summed E-state index contributed by atoms with van der Waals surface area (Å²) < 4.78 is 5.43. The molecule has 3 aromatic rings. The van der Waals surface area contributed by atoms with Crippen molar-refractivity contribution >= 4 is 11.1 Å². The highest BCUT2D eigenvalue weighted by atomic mass is 16.5. The second-order valence-corrected chi connectivity index (χ2v) is 7.78. The van der Waals surface area contributed by atoms with Gasteiger partial charge >= 0.3 is 0 Å². The van der Waals surface area contributed by atoms with Gasteiger partial charge in [0.05, 0.1) is 0 Å². The highest BCUT2D eigenvalue weighted by Gasteiger charge is 2.14. The minimum atomic E-state index is 0.194. The fraction of sp³-hybridized carbons (Fsp3) is 0.267. The van der Waals surface area contributed by atoms with Gasteiger partial charge in [0.2, 0.25) is 0 Å². The lowest BCUT2D eigenvalue weighted by molar-refractivity contribution is 0.422. The molecule has 3 aromatic carbocycles. The fourth-order valence-corrected chi connectivity index (χ4v) is 3.37. The lowest BCUT2D eigenvalue weighted by atomic mass is 9.87. The van der Waals surface area contributed by atoms with E-state index in [1.54, 1.807) is 0 Å². The zero-order chi connectivity index (χ0) is 23.2. The van der Waals surface area contributed by atoms with E-state index in [0.29, 0.717) is 5.75 Å². The van der Waals surface area contributed by atoms with E-state index < -0.39 is 0 Å². The Morgan fingerprint density at radius 3 is 1.66 bits per heavy atom. The van der Waals surface area contributed by atoms with E-state index in [0.717, 1.165) is 24.8 Å². The van der Waals surface area contributed by atoms with Crippen LogP contribution in [0, 0.1) is 0 Å². The topological polar surface area (TPSA) is 35.2 Å². The summed E-state index contributed by atoms with van der Waals surface area (Å²) in [4.78, 5) is 0. The Balaban J connectivity index is 0.000000837. The molecule has 0 heterocycles. The molecule has 0 fully saturated rings. The van der Waals surface area contributed by atoms with Gasteiger partial charge in [-0.25, -0.2) is 0 Å². The second kappa shape index (κ2) is 13.9. The summed E-state index contributed by atoms with van der Waals surface area (Å²) in [5, 5.41) is 0. The molecular weight excluding hydrogens is 390 g/mol. The summed E-state index contributed by atoms with van der Waals surface area (Å²) in [7, 11) is 0. The predicted octanol–water partition coefficient (Wildman–Crippen LogP) is 8.45. The lowest BCUT2D eigenvalue weighted by Crippen LogP contribution is -2.03. The van der Waals surface area contributed by atoms with Crippen molar-refractivity contribution in [3.8, 4) is 5.75 Å². The molecule has 0 amide bonds. The van der Waals surface area contributed by atoms with E-state index >= 15 is 0 Å². The van der Waals surface area contributed by atoms with E-state index in [9.17, 15) is 0 Å². The zero-order valence-corrected chi connectivity index (χ0v) is 19.8. The summed E-state index contributed by atoms with van der Waals surface area (Å²) in [5.74, 6) is 0.887. The maximum absolute atomic E-state index is 5.57. The van der Waals surface area contributed by atoms with E-state index in [4.69, 9.17) is 10.5 Å². The largest absolute Gasteiger partial charge is 0.442 e. The Morgan fingerprint density at radius 1 is 0.688 bits per heavy atom. The molecule has 0 spiro atoms. The Labute approximate surface area is 194 Å². The maximum Gasteiger partial charge on any atom is 0.183 e. The molecule has 32 heavy (non-hydrogen) atoms. The van der Waals surface area contributed by atoms with Crippen molar-refractivity contribution in [3.63, 3.8) is 0 Å². The standard InChI is InChI=1S/C26H27NO.C4H10/c1-3-4-15-25(21-11-7-5-8-12-21)26(22-13-9-6-10-14-22)23-16-18-24(19-17-23)28-20(2)27;1-3-4-2/h5-14,16-19H,2-4,15,27H2,1H3;3-4H2,1-2H3/b26-25-;. The van der Waals surface area contributed by atoms with Crippen LogP contribution >= 0.6 is 0 Å². The molecule has 0 bridgehead atoms. The zero-order valence-electron chi connectivity index (χ0n) is 19.8. The molecular formula is C30H37NO. The van der Waals surface area contributed by atoms with Crippen LogP contribution in [0.2, 0.25) is 0 Å². The van der Waals surface area contributed by atoms with Crippen molar-refractivity contribution in [1.82, 2.24) is 0 Å². The van der Waals surface area contributed by atoms with Gasteiger partial charge in [0.25, 0.3) is 0 Å². The van der Waals surface area contributed by atoms with Gasteiger partial charge in [-0.3, -0.25) is 0 Å². The van der Waals surface area contributed by atoms with Crippen molar-refractivity contribution < 1.29 is 4.74 Å². The van der Waals surface area contributed by atoms with E-state index in [1.165, 1.54) is 35.1 Å². The van der Waals surface area contributed by atoms with Gasteiger partial charge in [0.15, 0.2) is 5.88 Å². The van der Waals surface area contributed by atoms with Gasteiger partial charge < -0.3 is 10.5 Å². The van der Waals surface area contributed by atoms with Crippen molar-refractivity contribution in [2.45, 2.75) is 52.9 Å². The average molecular weight is 428 g/mol. The molecule has 0 aromatic heterocycles. The van der Waals surface area contributed by atoms with E-state index in [1.807, 2.05) is 12.1 Å². The van der Waals surface area contributed by atoms with Gasteiger partial charge in [-0.2, -0.15) is 0 Å². The normalized spacial score (nSPS) is 11.1. The first-order valence-corrected chi connectivity index (χ1v) is 11.7. The fourth-order valence-electron chi connectivity index (χ4n) is 3.37. The van der Waals surface area contributed by atoms with Crippen molar-refractivity contribution in [2.24, 2.45) is 5.73 Å². The Kier molecular flexibility index (Phi) is 10.9. The van der Waals surface area contributed by atoms with Crippen LogP contribution < -0.4 is 10.5 Å². The number of hydrogen-bond donors (Lipinski definition) is 1. The van der Waals surface area contributed by atoms with Crippen LogP contribution in [0.5, 0.6) is 5.75 Å². The second-order valence-electron chi connectivity index (χ2n) is 7.78. The van der Waals surface area contributed by atoms with Crippen LogP contribution in [0.15, 0.2) is 97.4 Å². The SMILES string of the molecule is C=C(N)Oc1ccc(/C(=C(/CCCC)c2ccccc2)c2ccccc2)cc1.CCCC. The molecule has 0 saturated carbocycles. The van der Waals surface area contributed by atoms with Crippen LogP contribution in [0.3, 0.4) is 0 Å². The predicted molar refractivity (Wildman–Crippen MR) is 139 cm³/mol. The number of ether oxygens (including phenoxy) is 1. The minimum absolute atomic E-state index is 0.194.